The Labute approximate surface area is 104 Å². The Morgan fingerprint density at radius 3 is 2.72 bits per heavy atom. The molecule has 18 heavy (non-hydrogen) atoms. The van der Waals surface area contributed by atoms with Gasteiger partial charge in [-0.05, 0) is 17.7 Å². The van der Waals surface area contributed by atoms with E-state index in [9.17, 15) is 9.59 Å². The molecule has 1 fully saturated rings. The monoisotopic (exact) mass is 251 g/mol. The smallest absolute Gasteiger partial charge is 0.411 e. The van der Waals surface area contributed by atoms with Gasteiger partial charge in [0.05, 0.1) is 13.7 Å². The predicted molar refractivity (Wildman–Crippen MR) is 61.4 cm³/mol. The molecule has 1 amide bonds. The first-order valence-corrected chi connectivity index (χ1v) is 5.41. The molecule has 1 unspecified atom stereocenters. The summed E-state index contributed by atoms with van der Waals surface area (Å²) in [4.78, 5) is 23.2. The number of benzene rings is 1. The van der Waals surface area contributed by atoms with Gasteiger partial charge in [-0.2, -0.15) is 0 Å². The summed E-state index contributed by atoms with van der Waals surface area (Å²) in [6, 6.07) is 7.12. The highest BCUT2D eigenvalue weighted by Gasteiger charge is 2.33. The summed E-state index contributed by atoms with van der Waals surface area (Å²) in [5, 5.41) is 8.65. The van der Waals surface area contributed by atoms with Crippen molar-refractivity contribution in [3.63, 3.8) is 0 Å². The van der Waals surface area contributed by atoms with Crippen LogP contribution in [0.5, 0.6) is 5.75 Å². The van der Waals surface area contributed by atoms with Gasteiger partial charge in [0, 0.05) is 0 Å². The quantitative estimate of drug-likeness (QED) is 0.872. The molecule has 0 radical (unpaired) electrons. The van der Waals surface area contributed by atoms with Gasteiger partial charge in [-0.25, -0.2) is 4.79 Å². The first-order valence-electron chi connectivity index (χ1n) is 5.41. The van der Waals surface area contributed by atoms with E-state index in [1.165, 1.54) is 0 Å². The number of carboxylic acid groups (broad SMARTS) is 1. The van der Waals surface area contributed by atoms with Crippen molar-refractivity contribution in [1.82, 2.24) is 4.90 Å². The molecule has 0 saturated carbocycles. The lowest BCUT2D eigenvalue weighted by Crippen LogP contribution is -2.30. The molecule has 1 aliphatic heterocycles. The van der Waals surface area contributed by atoms with Crippen LogP contribution in [0.4, 0.5) is 4.79 Å². The maximum Gasteiger partial charge on any atom is 0.411 e. The second kappa shape index (κ2) is 4.95. The molecule has 1 atom stereocenters. The fourth-order valence-corrected chi connectivity index (χ4v) is 1.79. The van der Waals surface area contributed by atoms with E-state index < -0.39 is 18.2 Å². The van der Waals surface area contributed by atoms with Crippen molar-refractivity contribution < 1.29 is 24.2 Å². The van der Waals surface area contributed by atoms with Crippen LogP contribution in [0.2, 0.25) is 0 Å². The van der Waals surface area contributed by atoms with Crippen LogP contribution in [0, 0.1) is 0 Å². The van der Waals surface area contributed by atoms with Gasteiger partial charge in [0.15, 0.2) is 0 Å². The number of hydrogen-bond donors (Lipinski definition) is 1. The van der Waals surface area contributed by atoms with E-state index in [1.54, 1.807) is 31.4 Å². The van der Waals surface area contributed by atoms with E-state index in [0.717, 1.165) is 10.5 Å². The third-order valence-corrected chi connectivity index (χ3v) is 2.70. The van der Waals surface area contributed by atoms with E-state index in [-0.39, 0.29) is 13.1 Å². The molecule has 96 valence electrons. The largest absolute Gasteiger partial charge is 0.497 e. The third kappa shape index (κ3) is 2.53. The van der Waals surface area contributed by atoms with Gasteiger partial charge in [0.1, 0.15) is 18.4 Å². The summed E-state index contributed by atoms with van der Waals surface area (Å²) in [6.07, 6.45) is -1.03. The van der Waals surface area contributed by atoms with Crippen molar-refractivity contribution >= 4 is 12.1 Å². The zero-order chi connectivity index (χ0) is 13.1. The van der Waals surface area contributed by atoms with Crippen LogP contribution in [0.3, 0.4) is 0 Å². The summed E-state index contributed by atoms with van der Waals surface area (Å²) in [7, 11) is 1.57. The number of cyclic esters (lactones) is 1. The fourth-order valence-electron chi connectivity index (χ4n) is 1.79. The molecule has 1 heterocycles. The standard InChI is InChI=1S/C12H13NO5/c1-17-9-4-2-8(3-5-9)10-6-13(7-11(14)15)12(16)18-10/h2-5,10H,6-7H2,1H3,(H,14,15). The van der Waals surface area contributed by atoms with Crippen molar-refractivity contribution in [1.29, 1.82) is 0 Å². The third-order valence-electron chi connectivity index (χ3n) is 2.70. The average Bonchev–Trinajstić information content (AvgIpc) is 2.70. The second-order valence-electron chi connectivity index (χ2n) is 3.92. The SMILES string of the molecule is COc1ccc(C2CN(CC(=O)O)C(=O)O2)cc1. The molecule has 6 nitrogen and oxygen atoms in total. The molecule has 0 aromatic heterocycles. The Morgan fingerprint density at radius 1 is 1.50 bits per heavy atom. The number of rotatable bonds is 4. The molecule has 0 bridgehead atoms. The Morgan fingerprint density at radius 2 is 2.17 bits per heavy atom. The van der Waals surface area contributed by atoms with Crippen molar-refractivity contribution in [3.8, 4) is 5.75 Å². The van der Waals surface area contributed by atoms with Crippen LogP contribution in [-0.2, 0) is 9.53 Å². The molecule has 6 heteroatoms. The minimum absolute atomic E-state index is 0.247. The Kier molecular flexibility index (Phi) is 3.36. The fraction of sp³-hybridized carbons (Fsp3) is 0.333. The minimum atomic E-state index is -1.05. The maximum atomic E-state index is 11.4. The number of hydrogen-bond acceptors (Lipinski definition) is 4. The van der Waals surface area contributed by atoms with Crippen molar-refractivity contribution in [2.75, 3.05) is 20.2 Å². The molecule has 1 aromatic rings. The first kappa shape index (κ1) is 12.2. The van der Waals surface area contributed by atoms with Gasteiger partial charge in [0.25, 0.3) is 0 Å². The van der Waals surface area contributed by atoms with Crippen LogP contribution in [-0.4, -0.2) is 42.3 Å². The summed E-state index contributed by atoms with van der Waals surface area (Å²) in [5.74, 6) is -0.340. The molecule has 1 N–H and O–H groups in total. The summed E-state index contributed by atoms with van der Waals surface area (Å²) in [6.45, 7) is -0.0943. The Balaban J connectivity index is 2.06. The number of carboxylic acids is 1. The number of methoxy groups -OCH3 is 1. The summed E-state index contributed by atoms with van der Waals surface area (Å²) in [5.41, 5.74) is 0.817. The maximum absolute atomic E-state index is 11.4. The first-order chi connectivity index (χ1) is 8.60. The van der Waals surface area contributed by atoms with Crippen LogP contribution >= 0.6 is 0 Å². The normalized spacial score (nSPS) is 18.6. The predicted octanol–water partition coefficient (Wildman–Crippen LogP) is 1.27. The molecule has 1 aromatic carbocycles. The molecule has 0 aliphatic carbocycles. The number of aliphatic carboxylic acids is 1. The molecule has 2 rings (SSSR count). The Bertz CT molecular complexity index is 456. The molecule has 0 spiro atoms. The van der Waals surface area contributed by atoms with Gasteiger partial charge in [-0.3, -0.25) is 9.69 Å². The van der Waals surface area contributed by atoms with Crippen molar-refractivity contribution in [2.24, 2.45) is 0 Å². The van der Waals surface area contributed by atoms with Crippen molar-refractivity contribution in [3.05, 3.63) is 29.8 Å². The minimum Gasteiger partial charge on any atom is -0.497 e. The number of ether oxygens (including phenoxy) is 2. The molecule has 1 aliphatic rings. The second-order valence-corrected chi connectivity index (χ2v) is 3.92. The topological polar surface area (TPSA) is 76.1 Å². The zero-order valence-electron chi connectivity index (χ0n) is 9.83. The number of nitrogens with zero attached hydrogens (tertiary/aromatic N) is 1. The van der Waals surface area contributed by atoms with Crippen molar-refractivity contribution in [2.45, 2.75) is 6.10 Å². The van der Waals surface area contributed by atoms with Gasteiger partial charge >= 0.3 is 12.1 Å². The van der Waals surface area contributed by atoms with Gasteiger partial charge in [0.2, 0.25) is 0 Å². The highest BCUT2D eigenvalue weighted by atomic mass is 16.6. The van der Waals surface area contributed by atoms with E-state index in [4.69, 9.17) is 14.6 Å². The lowest BCUT2D eigenvalue weighted by atomic mass is 10.1. The van der Waals surface area contributed by atoms with Crippen LogP contribution in [0.15, 0.2) is 24.3 Å². The molecular weight excluding hydrogens is 238 g/mol. The lowest BCUT2D eigenvalue weighted by molar-refractivity contribution is -0.137. The summed E-state index contributed by atoms with van der Waals surface area (Å²) >= 11 is 0. The number of carbonyl (C=O) groups excluding carboxylic acids is 1. The lowest BCUT2D eigenvalue weighted by Gasteiger charge is -2.10. The summed E-state index contributed by atoms with van der Waals surface area (Å²) < 4.78 is 10.1. The van der Waals surface area contributed by atoms with E-state index in [1.807, 2.05) is 0 Å². The van der Waals surface area contributed by atoms with E-state index >= 15 is 0 Å². The Hall–Kier alpha value is -2.24. The number of amides is 1. The van der Waals surface area contributed by atoms with Crippen LogP contribution < -0.4 is 4.74 Å². The van der Waals surface area contributed by atoms with Crippen LogP contribution in [0.1, 0.15) is 11.7 Å². The van der Waals surface area contributed by atoms with E-state index in [0.29, 0.717) is 5.75 Å². The average molecular weight is 251 g/mol. The molecule has 1 saturated heterocycles. The van der Waals surface area contributed by atoms with Gasteiger partial charge in [-0.1, -0.05) is 12.1 Å². The highest BCUT2D eigenvalue weighted by molar-refractivity contribution is 5.78. The highest BCUT2D eigenvalue weighted by Crippen LogP contribution is 2.27. The van der Waals surface area contributed by atoms with Gasteiger partial charge < -0.3 is 14.6 Å². The zero-order valence-corrected chi connectivity index (χ0v) is 9.83. The van der Waals surface area contributed by atoms with E-state index in [2.05, 4.69) is 0 Å². The van der Waals surface area contributed by atoms with Crippen LogP contribution in [0.25, 0.3) is 0 Å². The van der Waals surface area contributed by atoms with Gasteiger partial charge in [-0.15, -0.1) is 0 Å². The molecular formula is C12H13NO5. The number of carbonyl (C=O) groups is 2.